The summed E-state index contributed by atoms with van der Waals surface area (Å²) in [5, 5.41) is 9.88. The van der Waals surface area contributed by atoms with Gasteiger partial charge >= 0.3 is 0 Å². The summed E-state index contributed by atoms with van der Waals surface area (Å²) < 4.78 is 3.18. The third-order valence-corrected chi connectivity index (χ3v) is 7.51. The van der Waals surface area contributed by atoms with Gasteiger partial charge in [0.05, 0.1) is 5.75 Å². The molecule has 0 fully saturated rings. The van der Waals surface area contributed by atoms with Gasteiger partial charge in [0.15, 0.2) is 16.8 Å². The SMILES string of the molecule is CCCCC[C@H](C)Cn1c(SCC(=O)c2ccc(Br)cc2)nnc1-c1ccc(C(C)(C)C)cc1. The zero-order valence-electron chi connectivity index (χ0n) is 21.0. The Morgan fingerprint density at radius 2 is 1.71 bits per heavy atom. The number of ketones is 1. The van der Waals surface area contributed by atoms with Crippen molar-refractivity contribution in [1.82, 2.24) is 14.8 Å². The molecular formula is C28H36BrN3OS. The van der Waals surface area contributed by atoms with Crippen molar-refractivity contribution >= 4 is 33.5 Å². The standard InChI is InChI=1S/C28H36BrN3OS/c1-6-7-8-9-20(2)18-32-26(22-10-14-23(15-11-22)28(3,4)5)30-31-27(32)34-19-25(33)21-12-16-24(29)17-13-21/h10-17,20H,6-9,18-19H2,1-5H3/t20-/m0/s1. The number of halogens is 1. The summed E-state index contributed by atoms with van der Waals surface area (Å²) >= 11 is 4.90. The molecule has 0 radical (unpaired) electrons. The first-order valence-corrected chi connectivity index (χ1v) is 13.9. The zero-order valence-corrected chi connectivity index (χ0v) is 23.4. The highest BCUT2D eigenvalue weighted by atomic mass is 79.9. The first kappa shape index (κ1) is 26.7. The van der Waals surface area contributed by atoms with Gasteiger partial charge in [-0.15, -0.1) is 10.2 Å². The highest BCUT2D eigenvalue weighted by molar-refractivity contribution is 9.10. The Balaban J connectivity index is 1.82. The van der Waals surface area contributed by atoms with Crippen LogP contribution in [0.25, 0.3) is 11.4 Å². The molecule has 0 amide bonds. The van der Waals surface area contributed by atoms with E-state index in [0.29, 0.717) is 17.2 Å². The minimum atomic E-state index is 0.0964. The first-order chi connectivity index (χ1) is 16.2. The van der Waals surface area contributed by atoms with Crippen LogP contribution in [0.4, 0.5) is 0 Å². The summed E-state index contributed by atoms with van der Waals surface area (Å²) in [5.74, 6) is 1.82. The van der Waals surface area contributed by atoms with Gasteiger partial charge in [-0.2, -0.15) is 0 Å². The number of aromatic nitrogens is 3. The van der Waals surface area contributed by atoms with Gasteiger partial charge in [-0.3, -0.25) is 4.79 Å². The number of unbranched alkanes of at least 4 members (excludes halogenated alkanes) is 2. The van der Waals surface area contributed by atoms with E-state index in [0.717, 1.165) is 27.6 Å². The van der Waals surface area contributed by atoms with E-state index in [1.54, 1.807) is 0 Å². The van der Waals surface area contributed by atoms with Gasteiger partial charge in [0.1, 0.15) is 0 Å². The fraction of sp³-hybridized carbons (Fsp3) is 0.464. The second-order valence-corrected chi connectivity index (χ2v) is 11.9. The average molecular weight is 543 g/mol. The third kappa shape index (κ3) is 7.29. The fourth-order valence-electron chi connectivity index (χ4n) is 3.89. The van der Waals surface area contributed by atoms with Gasteiger partial charge in [-0.25, -0.2) is 0 Å². The Bertz CT molecular complexity index is 1070. The number of benzene rings is 2. The van der Waals surface area contributed by atoms with Crippen molar-refractivity contribution in [3.63, 3.8) is 0 Å². The molecule has 0 aliphatic carbocycles. The van der Waals surface area contributed by atoms with E-state index in [1.165, 1.54) is 43.0 Å². The number of thioether (sulfide) groups is 1. The number of rotatable bonds is 11. The average Bonchev–Trinajstić information content (AvgIpc) is 3.19. The van der Waals surface area contributed by atoms with Gasteiger partial charge in [0.25, 0.3) is 0 Å². The minimum Gasteiger partial charge on any atom is -0.302 e. The van der Waals surface area contributed by atoms with Crippen LogP contribution in [0.5, 0.6) is 0 Å². The van der Waals surface area contributed by atoms with Crippen LogP contribution in [0, 0.1) is 5.92 Å². The van der Waals surface area contributed by atoms with Crippen molar-refractivity contribution in [2.75, 3.05) is 5.75 Å². The molecule has 3 rings (SSSR count). The Labute approximate surface area is 217 Å². The molecule has 0 spiro atoms. The van der Waals surface area contributed by atoms with Crippen molar-refractivity contribution in [3.05, 3.63) is 64.1 Å². The normalized spacial score (nSPS) is 12.6. The fourth-order valence-corrected chi connectivity index (χ4v) is 4.99. The Morgan fingerprint density at radius 3 is 2.32 bits per heavy atom. The lowest BCUT2D eigenvalue weighted by Gasteiger charge is -2.19. The topological polar surface area (TPSA) is 47.8 Å². The van der Waals surface area contributed by atoms with Gasteiger partial charge < -0.3 is 4.57 Å². The second-order valence-electron chi connectivity index (χ2n) is 10.1. The largest absolute Gasteiger partial charge is 0.302 e. The smallest absolute Gasteiger partial charge is 0.191 e. The Hall–Kier alpha value is -1.92. The molecule has 2 aromatic carbocycles. The molecule has 1 atom stereocenters. The predicted octanol–water partition coefficient (Wildman–Crippen LogP) is 8.20. The van der Waals surface area contributed by atoms with E-state index in [-0.39, 0.29) is 11.2 Å². The first-order valence-electron chi connectivity index (χ1n) is 12.1. The van der Waals surface area contributed by atoms with Gasteiger partial charge in [0.2, 0.25) is 0 Å². The number of hydrogen-bond donors (Lipinski definition) is 0. The summed E-state index contributed by atoms with van der Waals surface area (Å²) in [4.78, 5) is 12.8. The molecular weight excluding hydrogens is 506 g/mol. The zero-order chi connectivity index (χ0) is 24.7. The summed E-state index contributed by atoms with van der Waals surface area (Å²) in [6.07, 6.45) is 4.90. The number of carbonyl (C=O) groups excluding carboxylic acids is 1. The molecule has 3 aromatic rings. The quantitative estimate of drug-likeness (QED) is 0.139. The van der Waals surface area contributed by atoms with Crippen LogP contribution < -0.4 is 0 Å². The molecule has 34 heavy (non-hydrogen) atoms. The van der Waals surface area contributed by atoms with Crippen molar-refractivity contribution in [3.8, 4) is 11.4 Å². The maximum atomic E-state index is 12.8. The van der Waals surface area contributed by atoms with Crippen molar-refractivity contribution in [2.45, 2.75) is 77.4 Å². The molecule has 6 heteroatoms. The lowest BCUT2D eigenvalue weighted by atomic mass is 9.86. The summed E-state index contributed by atoms with van der Waals surface area (Å²) in [5.41, 5.74) is 3.18. The van der Waals surface area contributed by atoms with Crippen molar-refractivity contribution in [2.24, 2.45) is 5.92 Å². The minimum absolute atomic E-state index is 0.0964. The van der Waals surface area contributed by atoms with Crippen LogP contribution in [0.2, 0.25) is 0 Å². The Morgan fingerprint density at radius 1 is 1.03 bits per heavy atom. The van der Waals surface area contributed by atoms with Crippen molar-refractivity contribution < 1.29 is 4.79 Å². The maximum absolute atomic E-state index is 12.8. The van der Waals surface area contributed by atoms with E-state index in [1.807, 2.05) is 24.3 Å². The van der Waals surface area contributed by atoms with Gasteiger partial charge in [-0.05, 0) is 35.4 Å². The molecule has 0 saturated carbocycles. The molecule has 0 unspecified atom stereocenters. The van der Waals surface area contributed by atoms with E-state index in [4.69, 9.17) is 0 Å². The van der Waals surface area contributed by atoms with Crippen LogP contribution in [0.1, 0.15) is 76.2 Å². The molecule has 0 bridgehead atoms. The third-order valence-electron chi connectivity index (χ3n) is 6.02. The monoisotopic (exact) mass is 541 g/mol. The van der Waals surface area contributed by atoms with Crippen LogP contribution in [0.15, 0.2) is 58.2 Å². The number of hydrogen-bond acceptors (Lipinski definition) is 4. The van der Waals surface area contributed by atoms with E-state index >= 15 is 0 Å². The summed E-state index contributed by atoms with van der Waals surface area (Å²) in [6, 6.07) is 16.2. The van der Waals surface area contributed by atoms with Gasteiger partial charge in [0, 0.05) is 22.1 Å². The predicted molar refractivity (Wildman–Crippen MR) is 147 cm³/mol. The number of nitrogens with zero attached hydrogens (tertiary/aromatic N) is 3. The molecule has 0 aliphatic rings. The maximum Gasteiger partial charge on any atom is 0.191 e. The van der Waals surface area contributed by atoms with E-state index < -0.39 is 0 Å². The number of carbonyl (C=O) groups is 1. The molecule has 4 nitrogen and oxygen atoms in total. The molecule has 1 heterocycles. The highest BCUT2D eigenvalue weighted by Gasteiger charge is 2.19. The van der Waals surface area contributed by atoms with Crippen molar-refractivity contribution in [1.29, 1.82) is 0 Å². The van der Waals surface area contributed by atoms with E-state index in [2.05, 4.69) is 89.6 Å². The lowest BCUT2D eigenvalue weighted by molar-refractivity contribution is 0.102. The van der Waals surface area contributed by atoms with Crippen LogP contribution in [-0.4, -0.2) is 26.3 Å². The second kappa shape index (κ2) is 12.2. The highest BCUT2D eigenvalue weighted by Crippen LogP contribution is 2.29. The lowest BCUT2D eigenvalue weighted by Crippen LogP contribution is -2.12. The van der Waals surface area contributed by atoms with Crippen LogP contribution >= 0.6 is 27.7 Å². The van der Waals surface area contributed by atoms with Crippen LogP contribution in [0.3, 0.4) is 0 Å². The van der Waals surface area contributed by atoms with E-state index in [9.17, 15) is 4.79 Å². The Kier molecular flexibility index (Phi) is 9.55. The molecule has 0 N–H and O–H groups in total. The summed E-state index contributed by atoms with van der Waals surface area (Å²) in [6.45, 7) is 12.0. The van der Waals surface area contributed by atoms with Gasteiger partial charge in [-0.1, -0.05) is 118 Å². The molecule has 0 aliphatic heterocycles. The molecule has 1 aromatic heterocycles. The molecule has 0 saturated heterocycles. The van der Waals surface area contributed by atoms with Crippen LogP contribution in [-0.2, 0) is 12.0 Å². The molecule has 182 valence electrons. The number of Topliss-reactive ketones (excluding diaryl/α,β-unsaturated/α-hetero) is 1. The summed E-state index contributed by atoms with van der Waals surface area (Å²) in [7, 11) is 0.